The Morgan fingerprint density at radius 2 is 2.08 bits per heavy atom. The van der Waals surface area contributed by atoms with E-state index in [9.17, 15) is 0 Å². The molecule has 0 bridgehead atoms. The van der Waals surface area contributed by atoms with Crippen molar-refractivity contribution in [2.24, 2.45) is 0 Å². The molecule has 0 saturated heterocycles. The largest absolute Gasteiger partial charge is 0.487 e. The molecule has 0 aliphatic rings. The summed E-state index contributed by atoms with van der Waals surface area (Å²) in [6.07, 6.45) is 0.931. The van der Waals surface area contributed by atoms with Crippen molar-refractivity contribution in [1.29, 1.82) is 0 Å². The SMILES string of the molecule is CC(=S)OCCc1ccccc1C. The standard InChI is InChI=1S/C11H14OS/c1-9-5-3-4-6-11(9)7-8-12-10(2)13/h3-6H,7-8H2,1-2H3. The van der Waals surface area contributed by atoms with Crippen LogP contribution >= 0.6 is 12.2 Å². The van der Waals surface area contributed by atoms with Crippen LogP contribution in [0.5, 0.6) is 0 Å². The molecule has 1 nitrogen and oxygen atoms in total. The van der Waals surface area contributed by atoms with E-state index in [4.69, 9.17) is 17.0 Å². The van der Waals surface area contributed by atoms with Gasteiger partial charge >= 0.3 is 0 Å². The van der Waals surface area contributed by atoms with Crippen LogP contribution in [0.15, 0.2) is 24.3 Å². The van der Waals surface area contributed by atoms with Crippen LogP contribution in [0.2, 0.25) is 0 Å². The van der Waals surface area contributed by atoms with Gasteiger partial charge in [0, 0.05) is 13.3 Å². The van der Waals surface area contributed by atoms with Crippen LogP contribution in [0, 0.1) is 6.92 Å². The summed E-state index contributed by atoms with van der Waals surface area (Å²) in [5.41, 5.74) is 2.65. The van der Waals surface area contributed by atoms with Crippen molar-refractivity contribution in [2.45, 2.75) is 20.3 Å². The monoisotopic (exact) mass is 194 g/mol. The van der Waals surface area contributed by atoms with Gasteiger partial charge in [0.25, 0.3) is 0 Å². The maximum atomic E-state index is 5.23. The molecular formula is C11H14OS. The number of aryl methyl sites for hydroxylation is 1. The highest BCUT2D eigenvalue weighted by molar-refractivity contribution is 7.80. The predicted molar refractivity (Wildman–Crippen MR) is 59.1 cm³/mol. The molecule has 0 aromatic heterocycles. The lowest BCUT2D eigenvalue weighted by molar-refractivity contribution is 0.315. The minimum Gasteiger partial charge on any atom is -0.487 e. The summed E-state index contributed by atoms with van der Waals surface area (Å²) < 4.78 is 5.23. The third-order valence-corrected chi connectivity index (χ3v) is 2.06. The predicted octanol–water partition coefficient (Wildman–Crippen LogP) is 2.90. The van der Waals surface area contributed by atoms with Crippen LogP contribution in [0.1, 0.15) is 18.1 Å². The molecule has 0 fully saturated rings. The molecule has 0 saturated carbocycles. The van der Waals surface area contributed by atoms with Crippen molar-refractivity contribution >= 4 is 17.3 Å². The van der Waals surface area contributed by atoms with Crippen molar-refractivity contribution in [3.8, 4) is 0 Å². The van der Waals surface area contributed by atoms with Gasteiger partial charge in [-0.2, -0.15) is 0 Å². The number of rotatable bonds is 3. The molecule has 13 heavy (non-hydrogen) atoms. The quantitative estimate of drug-likeness (QED) is 0.684. The average Bonchev–Trinajstić information content (AvgIpc) is 2.08. The Morgan fingerprint density at radius 1 is 1.38 bits per heavy atom. The molecule has 2 heteroatoms. The Bertz CT molecular complexity index is 294. The third kappa shape index (κ3) is 3.55. The van der Waals surface area contributed by atoms with Crippen molar-refractivity contribution in [3.05, 3.63) is 35.4 Å². The van der Waals surface area contributed by atoms with Crippen molar-refractivity contribution in [1.82, 2.24) is 0 Å². The second-order valence-electron chi connectivity index (χ2n) is 3.02. The fraction of sp³-hybridized carbons (Fsp3) is 0.364. The zero-order chi connectivity index (χ0) is 9.68. The van der Waals surface area contributed by atoms with Gasteiger partial charge in [0.1, 0.15) is 0 Å². The molecule has 1 aromatic carbocycles. The first-order valence-electron chi connectivity index (χ1n) is 4.38. The molecular weight excluding hydrogens is 180 g/mol. The summed E-state index contributed by atoms with van der Waals surface area (Å²) in [6.45, 7) is 4.59. The molecule has 0 unspecified atom stereocenters. The zero-order valence-electron chi connectivity index (χ0n) is 8.04. The highest BCUT2D eigenvalue weighted by atomic mass is 32.1. The zero-order valence-corrected chi connectivity index (χ0v) is 8.86. The Morgan fingerprint density at radius 3 is 2.69 bits per heavy atom. The lowest BCUT2D eigenvalue weighted by Gasteiger charge is -2.06. The molecule has 1 aromatic rings. The Balaban J connectivity index is 2.45. The number of ether oxygens (including phenoxy) is 1. The fourth-order valence-corrected chi connectivity index (χ4v) is 1.28. The van der Waals surface area contributed by atoms with Gasteiger partial charge in [0.2, 0.25) is 0 Å². The molecule has 0 amide bonds. The lowest BCUT2D eigenvalue weighted by Crippen LogP contribution is -2.02. The van der Waals surface area contributed by atoms with Crippen LogP contribution < -0.4 is 0 Å². The molecule has 0 radical (unpaired) electrons. The number of thiocarbonyl (C=S) groups is 1. The normalized spacial score (nSPS) is 9.69. The molecule has 0 aliphatic carbocycles. The van der Waals surface area contributed by atoms with Crippen LogP contribution in [-0.4, -0.2) is 11.7 Å². The van der Waals surface area contributed by atoms with Crippen LogP contribution in [0.25, 0.3) is 0 Å². The minimum absolute atomic E-state index is 0.619. The molecule has 0 N–H and O–H groups in total. The molecule has 70 valence electrons. The lowest BCUT2D eigenvalue weighted by atomic mass is 10.1. The number of benzene rings is 1. The van der Waals surface area contributed by atoms with E-state index in [2.05, 4.69) is 19.1 Å². The summed E-state index contributed by atoms with van der Waals surface area (Å²) in [5, 5.41) is 0.619. The van der Waals surface area contributed by atoms with Crippen LogP contribution in [-0.2, 0) is 11.2 Å². The van der Waals surface area contributed by atoms with Gasteiger partial charge in [0.05, 0.1) is 6.61 Å². The van der Waals surface area contributed by atoms with E-state index in [1.54, 1.807) is 6.92 Å². The van der Waals surface area contributed by atoms with E-state index in [0.29, 0.717) is 11.7 Å². The first kappa shape index (κ1) is 10.2. The molecule has 0 aliphatic heterocycles. The first-order valence-corrected chi connectivity index (χ1v) is 4.79. The molecule has 1 rings (SSSR count). The van der Waals surface area contributed by atoms with Crippen molar-refractivity contribution in [3.63, 3.8) is 0 Å². The van der Waals surface area contributed by atoms with Crippen molar-refractivity contribution in [2.75, 3.05) is 6.61 Å². The second-order valence-corrected chi connectivity index (χ2v) is 3.59. The van der Waals surface area contributed by atoms with Gasteiger partial charge in [-0.05, 0) is 30.3 Å². The van der Waals surface area contributed by atoms with Gasteiger partial charge < -0.3 is 4.74 Å². The van der Waals surface area contributed by atoms with Gasteiger partial charge in [-0.3, -0.25) is 0 Å². The Labute approximate surface area is 84.7 Å². The van der Waals surface area contributed by atoms with E-state index in [0.717, 1.165) is 6.42 Å². The average molecular weight is 194 g/mol. The summed E-state index contributed by atoms with van der Waals surface area (Å²) in [7, 11) is 0. The van der Waals surface area contributed by atoms with E-state index in [-0.39, 0.29) is 0 Å². The van der Waals surface area contributed by atoms with E-state index < -0.39 is 0 Å². The topological polar surface area (TPSA) is 9.23 Å². The van der Waals surface area contributed by atoms with Crippen LogP contribution in [0.3, 0.4) is 0 Å². The molecule has 0 atom stereocenters. The Kier molecular flexibility index (Phi) is 3.90. The number of hydrogen-bond acceptors (Lipinski definition) is 2. The smallest absolute Gasteiger partial charge is 0.156 e. The van der Waals surface area contributed by atoms with Gasteiger partial charge in [-0.25, -0.2) is 0 Å². The Hall–Kier alpha value is -0.890. The third-order valence-electron chi connectivity index (χ3n) is 1.94. The van der Waals surface area contributed by atoms with E-state index in [1.807, 2.05) is 12.1 Å². The summed E-state index contributed by atoms with van der Waals surface area (Å²) >= 11 is 4.82. The van der Waals surface area contributed by atoms with Gasteiger partial charge in [-0.15, -0.1) is 0 Å². The second kappa shape index (κ2) is 4.97. The number of hydrogen-bond donors (Lipinski definition) is 0. The van der Waals surface area contributed by atoms with Gasteiger partial charge in [0.15, 0.2) is 5.05 Å². The van der Waals surface area contributed by atoms with E-state index >= 15 is 0 Å². The molecule has 0 heterocycles. The van der Waals surface area contributed by atoms with E-state index in [1.165, 1.54) is 11.1 Å². The van der Waals surface area contributed by atoms with Gasteiger partial charge in [-0.1, -0.05) is 24.3 Å². The fourth-order valence-electron chi connectivity index (χ4n) is 1.20. The minimum atomic E-state index is 0.619. The summed E-state index contributed by atoms with van der Waals surface area (Å²) in [6, 6.07) is 8.33. The van der Waals surface area contributed by atoms with Crippen molar-refractivity contribution < 1.29 is 4.74 Å². The summed E-state index contributed by atoms with van der Waals surface area (Å²) in [5.74, 6) is 0. The summed E-state index contributed by atoms with van der Waals surface area (Å²) in [4.78, 5) is 0. The first-order chi connectivity index (χ1) is 6.20. The maximum Gasteiger partial charge on any atom is 0.156 e. The maximum absolute atomic E-state index is 5.23. The highest BCUT2D eigenvalue weighted by Gasteiger charge is 1.96. The highest BCUT2D eigenvalue weighted by Crippen LogP contribution is 2.07. The van der Waals surface area contributed by atoms with Crippen LogP contribution in [0.4, 0.5) is 0 Å². The molecule has 0 spiro atoms.